The largest absolute Gasteiger partial charge is 0.504 e. The molecule has 0 radical (unpaired) electrons. The van der Waals surface area contributed by atoms with Gasteiger partial charge in [-0.3, -0.25) is 4.79 Å². The number of benzene rings is 1. The number of aromatic hydroxyl groups is 1. The highest BCUT2D eigenvalue weighted by Crippen LogP contribution is 2.43. The number of methoxy groups -OCH3 is 1. The first-order chi connectivity index (χ1) is 9.00. The molecule has 7 heteroatoms. The number of aliphatic carboxylic acids is 1. The second-order valence-electron chi connectivity index (χ2n) is 5.02. The molecule has 0 aliphatic rings. The zero-order chi connectivity index (χ0) is 15.7. The topological polar surface area (TPSA) is 66.8 Å². The van der Waals surface area contributed by atoms with Crippen LogP contribution in [0.15, 0.2) is 12.1 Å². The molecule has 0 fully saturated rings. The number of hydrogen-bond donors (Lipinski definition) is 2. The smallest absolute Gasteiger partial charge is 0.420 e. The first-order valence-electron chi connectivity index (χ1n) is 5.70. The number of halogens is 3. The van der Waals surface area contributed by atoms with Gasteiger partial charge in [-0.05, 0) is 31.9 Å². The Hall–Kier alpha value is -1.92. The van der Waals surface area contributed by atoms with Crippen LogP contribution in [0.25, 0.3) is 0 Å². The van der Waals surface area contributed by atoms with Crippen LogP contribution in [-0.4, -0.2) is 23.3 Å². The normalized spacial score (nSPS) is 12.3. The lowest BCUT2D eigenvalue weighted by Crippen LogP contribution is -2.26. The van der Waals surface area contributed by atoms with E-state index < -0.39 is 34.6 Å². The molecule has 0 saturated heterocycles. The van der Waals surface area contributed by atoms with E-state index in [1.165, 1.54) is 13.8 Å². The third kappa shape index (κ3) is 3.15. The molecular weight excluding hydrogens is 277 g/mol. The van der Waals surface area contributed by atoms with Crippen molar-refractivity contribution >= 4 is 5.97 Å². The number of phenols is 1. The van der Waals surface area contributed by atoms with Crippen molar-refractivity contribution in [2.75, 3.05) is 7.11 Å². The minimum absolute atomic E-state index is 0.0854. The summed E-state index contributed by atoms with van der Waals surface area (Å²) in [5.41, 5.74) is -2.24. The van der Waals surface area contributed by atoms with Crippen molar-refractivity contribution < 1.29 is 32.9 Å². The van der Waals surface area contributed by atoms with Gasteiger partial charge < -0.3 is 14.9 Å². The van der Waals surface area contributed by atoms with Gasteiger partial charge in [0.1, 0.15) is 5.56 Å². The number of carbonyl (C=O) groups is 1. The van der Waals surface area contributed by atoms with Crippen LogP contribution < -0.4 is 4.74 Å². The molecule has 1 aromatic rings. The zero-order valence-electron chi connectivity index (χ0n) is 11.2. The summed E-state index contributed by atoms with van der Waals surface area (Å²) in [5.74, 6) is -2.50. The van der Waals surface area contributed by atoms with Gasteiger partial charge in [0.2, 0.25) is 0 Å². The molecule has 0 atom stereocenters. The van der Waals surface area contributed by atoms with Crippen molar-refractivity contribution in [3.05, 3.63) is 23.3 Å². The molecular formula is C13H15F3O4. The van der Waals surface area contributed by atoms with Gasteiger partial charge in [-0.1, -0.05) is 6.07 Å². The van der Waals surface area contributed by atoms with Gasteiger partial charge in [0, 0.05) is 0 Å². The fraction of sp³-hybridized carbons (Fsp3) is 0.462. The summed E-state index contributed by atoms with van der Waals surface area (Å²) in [6.45, 7) is 2.83. The van der Waals surface area contributed by atoms with E-state index in [2.05, 4.69) is 4.74 Å². The van der Waals surface area contributed by atoms with Crippen molar-refractivity contribution in [2.45, 2.75) is 26.4 Å². The number of phenolic OH excluding ortho intramolecular Hbond substituents is 1. The van der Waals surface area contributed by atoms with Crippen LogP contribution in [0.5, 0.6) is 11.5 Å². The molecule has 4 nitrogen and oxygen atoms in total. The van der Waals surface area contributed by atoms with Crippen LogP contribution in [-0.2, 0) is 17.4 Å². The van der Waals surface area contributed by atoms with Crippen molar-refractivity contribution in [1.29, 1.82) is 0 Å². The Morgan fingerprint density at radius 1 is 1.30 bits per heavy atom. The standard InChI is InChI=1S/C13H15F3O4/c1-12(2,11(18)19)6-7-4-5-8(13(14,15)16)10(20-3)9(7)17/h4-5,17H,6H2,1-3H3,(H,18,19). The average Bonchev–Trinajstić information content (AvgIpc) is 2.29. The number of carboxylic acids is 1. The van der Waals surface area contributed by atoms with E-state index in [4.69, 9.17) is 5.11 Å². The first kappa shape index (κ1) is 16.1. The van der Waals surface area contributed by atoms with Gasteiger partial charge in [0.25, 0.3) is 0 Å². The zero-order valence-corrected chi connectivity index (χ0v) is 11.2. The van der Waals surface area contributed by atoms with Crippen LogP contribution in [0.2, 0.25) is 0 Å². The summed E-state index contributed by atoms with van der Waals surface area (Å²) in [6, 6.07) is 1.83. The van der Waals surface area contributed by atoms with Gasteiger partial charge in [-0.15, -0.1) is 0 Å². The monoisotopic (exact) mass is 292 g/mol. The van der Waals surface area contributed by atoms with Gasteiger partial charge >= 0.3 is 12.1 Å². The molecule has 0 aliphatic carbocycles. The van der Waals surface area contributed by atoms with Crippen molar-refractivity contribution in [2.24, 2.45) is 5.41 Å². The molecule has 1 aromatic carbocycles. The molecule has 0 aliphatic heterocycles. The molecule has 0 unspecified atom stereocenters. The number of alkyl halides is 3. The number of carboxylic acid groups (broad SMARTS) is 1. The summed E-state index contributed by atoms with van der Waals surface area (Å²) < 4.78 is 42.8. The van der Waals surface area contributed by atoms with E-state index in [1.54, 1.807) is 0 Å². The molecule has 112 valence electrons. The number of ether oxygens (including phenoxy) is 1. The highest BCUT2D eigenvalue weighted by atomic mass is 19.4. The molecule has 0 heterocycles. The SMILES string of the molecule is COc1c(C(F)(F)F)ccc(CC(C)(C)C(=O)O)c1O. The van der Waals surface area contributed by atoms with Crippen molar-refractivity contribution in [1.82, 2.24) is 0 Å². The maximum Gasteiger partial charge on any atom is 0.420 e. The Kier molecular flexibility index (Phi) is 4.21. The second kappa shape index (κ2) is 5.22. The second-order valence-corrected chi connectivity index (χ2v) is 5.02. The van der Waals surface area contributed by atoms with E-state index in [-0.39, 0.29) is 12.0 Å². The molecule has 0 aromatic heterocycles. The highest BCUT2D eigenvalue weighted by Gasteiger charge is 2.37. The summed E-state index contributed by atoms with van der Waals surface area (Å²) in [7, 11) is 1.01. The summed E-state index contributed by atoms with van der Waals surface area (Å²) in [4.78, 5) is 11.0. The third-order valence-corrected chi connectivity index (χ3v) is 2.94. The van der Waals surface area contributed by atoms with E-state index in [9.17, 15) is 23.1 Å². The maximum atomic E-state index is 12.7. The Morgan fingerprint density at radius 2 is 1.85 bits per heavy atom. The van der Waals surface area contributed by atoms with Crippen molar-refractivity contribution in [3.63, 3.8) is 0 Å². The molecule has 2 N–H and O–H groups in total. The summed E-state index contributed by atoms with van der Waals surface area (Å²) in [5, 5.41) is 18.9. The molecule has 0 saturated carbocycles. The van der Waals surface area contributed by atoms with Gasteiger partial charge in [-0.25, -0.2) is 0 Å². The van der Waals surface area contributed by atoms with Gasteiger partial charge in [0.15, 0.2) is 11.5 Å². The lowest BCUT2D eigenvalue weighted by atomic mass is 9.85. The Labute approximate surface area is 113 Å². The van der Waals surface area contributed by atoms with Gasteiger partial charge in [0.05, 0.1) is 12.5 Å². The Bertz CT molecular complexity index is 521. The third-order valence-electron chi connectivity index (χ3n) is 2.94. The van der Waals surface area contributed by atoms with E-state index >= 15 is 0 Å². The fourth-order valence-electron chi connectivity index (χ4n) is 1.74. The van der Waals surface area contributed by atoms with Crippen LogP contribution in [0.1, 0.15) is 25.0 Å². The van der Waals surface area contributed by atoms with E-state index in [0.29, 0.717) is 0 Å². The fourth-order valence-corrected chi connectivity index (χ4v) is 1.74. The predicted octanol–water partition coefficient (Wildman–Crippen LogP) is 3.07. The molecule has 1 rings (SSSR count). The predicted molar refractivity (Wildman–Crippen MR) is 64.8 cm³/mol. The Morgan fingerprint density at radius 3 is 2.25 bits per heavy atom. The first-order valence-corrected chi connectivity index (χ1v) is 5.70. The maximum absolute atomic E-state index is 12.7. The molecule has 0 spiro atoms. The number of hydrogen-bond acceptors (Lipinski definition) is 3. The minimum atomic E-state index is -4.66. The lowest BCUT2D eigenvalue weighted by Gasteiger charge is -2.21. The van der Waals surface area contributed by atoms with E-state index in [1.807, 2.05) is 0 Å². The minimum Gasteiger partial charge on any atom is -0.504 e. The highest BCUT2D eigenvalue weighted by molar-refractivity contribution is 5.74. The molecule has 20 heavy (non-hydrogen) atoms. The number of rotatable bonds is 4. The average molecular weight is 292 g/mol. The summed E-state index contributed by atoms with van der Waals surface area (Å²) >= 11 is 0. The van der Waals surface area contributed by atoms with Crippen LogP contribution >= 0.6 is 0 Å². The van der Waals surface area contributed by atoms with Crippen molar-refractivity contribution in [3.8, 4) is 11.5 Å². The Balaban J connectivity index is 3.30. The van der Waals surface area contributed by atoms with Gasteiger partial charge in [-0.2, -0.15) is 13.2 Å². The quantitative estimate of drug-likeness (QED) is 0.895. The molecule has 0 bridgehead atoms. The van der Waals surface area contributed by atoms with Crippen LogP contribution in [0.4, 0.5) is 13.2 Å². The van der Waals surface area contributed by atoms with E-state index in [0.717, 1.165) is 19.2 Å². The van der Waals surface area contributed by atoms with Crippen LogP contribution in [0.3, 0.4) is 0 Å². The summed E-state index contributed by atoms with van der Waals surface area (Å²) in [6.07, 6.45) is -4.79. The van der Waals surface area contributed by atoms with Crippen LogP contribution in [0, 0.1) is 5.41 Å². The lowest BCUT2D eigenvalue weighted by molar-refractivity contribution is -0.147. The molecule has 0 amide bonds.